The van der Waals surface area contributed by atoms with Crippen LogP contribution in [-0.2, 0) is 4.74 Å². The van der Waals surface area contributed by atoms with Crippen molar-refractivity contribution in [2.75, 3.05) is 6.54 Å². The van der Waals surface area contributed by atoms with Gasteiger partial charge in [0.05, 0.1) is 4.92 Å². The van der Waals surface area contributed by atoms with Crippen LogP contribution in [0.5, 0.6) is 0 Å². The van der Waals surface area contributed by atoms with Crippen LogP contribution in [0.4, 0.5) is 5.69 Å². The lowest BCUT2D eigenvalue weighted by molar-refractivity contribution is -0.384. The monoisotopic (exact) mass is 336 g/mol. The highest BCUT2D eigenvalue weighted by Gasteiger charge is 2.11. The Balaban J connectivity index is 0.000000449. The topological polar surface area (TPSA) is 64.4 Å². The van der Waals surface area contributed by atoms with Gasteiger partial charge in [-0.2, -0.15) is 0 Å². The number of hydrogen-bond donors (Lipinski definition) is 1. The number of nitro benzene ring substituents is 1. The maximum atomic E-state index is 10.4. The van der Waals surface area contributed by atoms with Gasteiger partial charge < -0.3 is 10.1 Å². The first-order valence-electron chi connectivity index (χ1n) is 8.46. The summed E-state index contributed by atoms with van der Waals surface area (Å²) in [5.41, 5.74) is 1.18. The number of nitro groups is 1. The van der Waals surface area contributed by atoms with E-state index in [1.54, 1.807) is 12.1 Å². The highest BCUT2D eigenvalue weighted by Crippen LogP contribution is 2.21. The average Bonchev–Trinajstić information content (AvgIpc) is 2.51. The largest absolute Gasteiger partial charge is 0.474 e. The van der Waals surface area contributed by atoms with E-state index in [0.29, 0.717) is 11.8 Å². The van der Waals surface area contributed by atoms with Gasteiger partial charge in [-0.3, -0.25) is 10.1 Å². The fourth-order valence-corrected chi connectivity index (χ4v) is 1.83. The summed E-state index contributed by atoms with van der Waals surface area (Å²) in [6.07, 6.45) is 2.14. The zero-order valence-corrected chi connectivity index (χ0v) is 15.9. The number of non-ortho nitro benzene ring substituents is 1. The first-order valence-corrected chi connectivity index (χ1v) is 8.46. The molecule has 0 aliphatic heterocycles. The molecule has 0 aliphatic carbocycles. The van der Waals surface area contributed by atoms with Crippen LogP contribution in [0.15, 0.2) is 36.7 Å². The number of nitrogens with one attached hydrogen (secondary N) is 1. The maximum absolute atomic E-state index is 10.4. The zero-order chi connectivity index (χ0) is 18.8. The van der Waals surface area contributed by atoms with Crippen LogP contribution in [0, 0.1) is 10.1 Å². The summed E-state index contributed by atoms with van der Waals surface area (Å²) in [7, 11) is 0. The average molecular weight is 336 g/mol. The third-order valence-corrected chi connectivity index (χ3v) is 3.29. The molecule has 0 radical (unpaired) electrons. The quantitative estimate of drug-likeness (QED) is 0.412. The third-order valence-electron chi connectivity index (χ3n) is 3.29. The van der Waals surface area contributed by atoms with Crippen molar-refractivity contribution in [1.29, 1.82) is 0 Å². The van der Waals surface area contributed by atoms with E-state index in [2.05, 4.69) is 32.7 Å². The molecule has 0 saturated heterocycles. The third kappa shape index (κ3) is 9.87. The second-order valence-corrected chi connectivity index (χ2v) is 6.72. The number of rotatable bonds is 7. The van der Waals surface area contributed by atoms with Gasteiger partial charge in [0.1, 0.15) is 5.60 Å². The summed E-state index contributed by atoms with van der Waals surface area (Å²) in [5, 5.41) is 13.4. The Morgan fingerprint density at radius 1 is 1.29 bits per heavy atom. The minimum Gasteiger partial charge on any atom is -0.474 e. The highest BCUT2D eigenvalue weighted by atomic mass is 16.6. The molecule has 1 atom stereocenters. The molecular weight excluding hydrogens is 304 g/mol. The van der Waals surface area contributed by atoms with Crippen LogP contribution >= 0.6 is 0 Å². The molecule has 5 heteroatoms. The van der Waals surface area contributed by atoms with Gasteiger partial charge in [-0.15, -0.1) is 0 Å². The van der Waals surface area contributed by atoms with E-state index >= 15 is 0 Å². The molecule has 0 heterocycles. The molecule has 136 valence electrons. The number of benzene rings is 1. The molecule has 1 rings (SSSR count). The molecule has 1 unspecified atom stereocenters. The first-order chi connectivity index (χ1) is 11.1. The lowest BCUT2D eigenvalue weighted by Gasteiger charge is -2.23. The molecule has 0 aromatic heterocycles. The van der Waals surface area contributed by atoms with Crippen molar-refractivity contribution in [3.8, 4) is 0 Å². The van der Waals surface area contributed by atoms with Crippen LogP contribution in [0.3, 0.4) is 0 Å². The van der Waals surface area contributed by atoms with Crippen LogP contribution in [0.1, 0.15) is 65.9 Å². The summed E-state index contributed by atoms with van der Waals surface area (Å²) >= 11 is 0. The second kappa shape index (κ2) is 10.7. The number of hydrogen-bond acceptors (Lipinski definition) is 4. The van der Waals surface area contributed by atoms with Crippen molar-refractivity contribution in [3.63, 3.8) is 0 Å². The normalized spacial score (nSPS) is 11.8. The summed E-state index contributed by atoms with van der Waals surface area (Å²) in [6, 6.07) is 6.77. The van der Waals surface area contributed by atoms with Crippen LogP contribution in [0.2, 0.25) is 0 Å². The Morgan fingerprint density at radius 3 is 2.21 bits per heavy atom. The molecule has 0 spiro atoms. The Labute approximate surface area is 146 Å². The standard InChI is InChI=1S/C10H13NO2.C9H19NO/c1-3-8(2)9-4-6-10(7-5-9)11(12)13;1-6-7-10-8(2)11-9(3,4)5/h4-8H,3H2,1-2H3;10H,2,6-7H2,1,3-5H3. The van der Waals surface area contributed by atoms with Crippen molar-refractivity contribution in [3.05, 3.63) is 52.4 Å². The van der Waals surface area contributed by atoms with Gasteiger partial charge in [-0.05, 0) is 51.7 Å². The van der Waals surface area contributed by atoms with Gasteiger partial charge in [-0.1, -0.05) is 32.9 Å². The Bertz CT molecular complexity index is 504. The molecule has 24 heavy (non-hydrogen) atoms. The van der Waals surface area contributed by atoms with E-state index in [-0.39, 0.29) is 16.2 Å². The van der Waals surface area contributed by atoms with E-state index < -0.39 is 0 Å². The number of nitrogens with zero attached hydrogens (tertiary/aromatic N) is 1. The fraction of sp³-hybridized carbons (Fsp3) is 0.579. The summed E-state index contributed by atoms with van der Waals surface area (Å²) in [6.45, 7) is 17.0. The molecule has 1 aromatic carbocycles. The van der Waals surface area contributed by atoms with Crippen molar-refractivity contribution in [2.45, 2.75) is 65.9 Å². The summed E-state index contributed by atoms with van der Waals surface area (Å²) in [4.78, 5) is 9.98. The van der Waals surface area contributed by atoms with E-state index in [4.69, 9.17) is 4.74 Å². The molecule has 1 aromatic rings. The van der Waals surface area contributed by atoms with Gasteiger partial charge in [0, 0.05) is 18.7 Å². The van der Waals surface area contributed by atoms with Crippen molar-refractivity contribution >= 4 is 5.69 Å². The Morgan fingerprint density at radius 2 is 1.83 bits per heavy atom. The zero-order valence-electron chi connectivity index (χ0n) is 15.9. The smallest absolute Gasteiger partial charge is 0.269 e. The molecule has 0 saturated carbocycles. The van der Waals surface area contributed by atoms with E-state index in [0.717, 1.165) is 24.9 Å². The van der Waals surface area contributed by atoms with Gasteiger partial charge in [0.2, 0.25) is 0 Å². The Kier molecular flexibility index (Phi) is 9.77. The molecule has 0 amide bonds. The van der Waals surface area contributed by atoms with Gasteiger partial charge in [-0.25, -0.2) is 0 Å². The maximum Gasteiger partial charge on any atom is 0.269 e. The van der Waals surface area contributed by atoms with E-state index in [9.17, 15) is 10.1 Å². The molecule has 5 nitrogen and oxygen atoms in total. The van der Waals surface area contributed by atoms with Crippen molar-refractivity contribution < 1.29 is 9.66 Å². The van der Waals surface area contributed by atoms with Gasteiger partial charge in [0.15, 0.2) is 5.88 Å². The molecular formula is C19H32N2O3. The highest BCUT2D eigenvalue weighted by molar-refractivity contribution is 5.34. The minimum atomic E-state index is -0.375. The lowest BCUT2D eigenvalue weighted by atomic mass is 9.99. The SMILES string of the molecule is C=C(NCCC)OC(C)(C)C.CCC(C)c1ccc([N+](=O)[O-])cc1. The predicted molar refractivity (Wildman–Crippen MR) is 100 cm³/mol. The Hall–Kier alpha value is -2.04. The van der Waals surface area contributed by atoms with Gasteiger partial charge >= 0.3 is 0 Å². The van der Waals surface area contributed by atoms with Crippen LogP contribution in [-0.4, -0.2) is 17.1 Å². The van der Waals surface area contributed by atoms with Crippen molar-refractivity contribution in [2.24, 2.45) is 0 Å². The fourth-order valence-electron chi connectivity index (χ4n) is 1.83. The molecule has 1 N–H and O–H groups in total. The van der Waals surface area contributed by atoms with E-state index in [1.807, 2.05) is 32.9 Å². The first kappa shape index (κ1) is 22.0. The van der Waals surface area contributed by atoms with Crippen LogP contribution < -0.4 is 5.32 Å². The predicted octanol–water partition coefficient (Wildman–Crippen LogP) is 5.38. The molecule has 0 fully saturated rings. The minimum absolute atomic E-state index is 0.141. The van der Waals surface area contributed by atoms with Crippen LogP contribution in [0.25, 0.3) is 0 Å². The van der Waals surface area contributed by atoms with Crippen molar-refractivity contribution in [1.82, 2.24) is 5.32 Å². The molecule has 0 aliphatic rings. The van der Waals surface area contributed by atoms with Gasteiger partial charge in [0.25, 0.3) is 5.69 Å². The molecule has 0 bridgehead atoms. The summed E-state index contributed by atoms with van der Waals surface area (Å²) < 4.78 is 5.43. The lowest BCUT2D eigenvalue weighted by Crippen LogP contribution is -2.25. The number of ether oxygens (including phenoxy) is 1. The second-order valence-electron chi connectivity index (χ2n) is 6.72. The van der Waals surface area contributed by atoms with E-state index in [1.165, 1.54) is 0 Å². The summed E-state index contributed by atoms with van der Waals surface area (Å²) in [5.74, 6) is 1.14.